The van der Waals surface area contributed by atoms with Crippen LogP contribution in [0.25, 0.3) is 0 Å². The van der Waals surface area contributed by atoms with E-state index in [1.165, 1.54) is 0 Å². The van der Waals surface area contributed by atoms with Gasteiger partial charge in [0.05, 0.1) is 0 Å². The summed E-state index contributed by atoms with van der Waals surface area (Å²) < 4.78 is 0.987. The Labute approximate surface area is 122 Å². The normalized spacial score (nSPS) is 18.3. The summed E-state index contributed by atoms with van der Waals surface area (Å²) in [6, 6.07) is 6.08. The lowest BCUT2D eigenvalue weighted by Gasteiger charge is -2.24. The average Bonchev–Trinajstić information content (AvgIpc) is 2.84. The van der Waals surface area contributed by atoms with Crippen molar-refractivity contribution < 1.29 is 4.79 Å². The third-order valence-corrected chi connectivity index (χ3v) is 4.26. The fourth-order valence-electron chi connectivity index (χ4n) is 2.16. The summed E-state index contributed by atoms with van der Waals surface area (Å²) in [5.74, 6) is 0.109. The second-order valence-corrected chi connectivity index (χ2v) is 5.33. The van der Waals surface area contributed by atoms with Gasteiger partial charge in [0.25, 0.3) is 5.91 Å². The van der Waals surface area contributed by atoms with E-state index in [1.54, 1.807) is 0 Å². The fraction of sp³-hybridized carbons (Fsp3) is 0.462. The Bertz CT molecular complexity index is 433. The Kier molecular flexibility index (Phi) is 5.63. The summed E-state index contributed by atoms with van der Waals surface area (Å²) in [5, 5.41) is 3.28. The van der Waals surface area contributed by atoms with Crippen LogP contribution in [-0.4, -0.2) is 37.0 Å². The number of amides is 1. The molecule has 0 aromatic heterocycles. The summed E-state index contributed by atoms with van der Waals surface area (Å²) in [6.45, 7) is 3.87. The predicted octanol–water partition coefficient (Wildman–Crippen LogP) is 2.61. The van der Waals surface area contributed by atoms with Crippen LogP contribution in [0.3, 0.4) is 0 Å². The lowest BCUT2D eigenvalue weighted by Crippen LogP contribution is -2.38. The van der Waals surface area contributed by atoms with Crippen molar-refractivity contribution in [2.45, 2.75) is 19.4 Å². The second-order valence-electron chi connectivity index (χ2n) is 4.48. The molecule has 0 spiro atoms. The zero-order valence-electron chi connectivity index (χ0n) is 10.6. The number of carbonyl (C=O) groups is 1. The van der Waals surface area contributed by atoms with Gasteiger partial charge < -0.3 is 10.2 Å². The molecule has 1 unspecified atom stereocenters. The van der Waals surface area contributed by atoms with E-state index < -0.39 is 0 Å². The zero-order chi connectivity index (χ0) is 12.4. The SMILES string of the molecule is Cc1c(Br)cccc1C(=O)N(C)C1CCNC1.Cl. The molecule has 2 rings (SSSR count). The van der Waals surface area contributed by atoms with Gasteiger partial charge in [-0.05, 0) is 37.6 Å². The number of carbonyl (C=O) groups excluding carboxylic acids is 1. The predicted molar refractivity (Wildman–Crippen MR) is 79.5 cm³/mol. The van der Waals surface area contributed by atoms with Crippen LogP contribution < -0.4 is 5.32 Å². The van der Waals surface area contributed by atoms with Crippen LogP contribution in [0.15, 0.2) is 22.7 Å². The van der Waals surface area contributed by atoms with Gasteiger partial charge in [-0.15, -0.1) is 12.4 Å². The number of nitrogens with zero attached hydrogens (tertiary/aromatic N) is 1. The first-order valence-corrected chi connectivity index (χ1v) is 6.63. The Morgan fingerprint density at radius 1 is 1.50 bits per heavy atom. The molecule has 1 atom stereocenters. The van der Waals surface area contributed by atoms with Gasteiger partial charge in [0, 0.05) is 29.7 Å². The van der Waals surface area contributed by atoms with Crippen molar-refractivity contribution in [3.63, 3.8) is 0 Å². The molecule has 1 N–H and O–H groups in total. The minimum Gasteiger partial charge on any atom is -0.337 e. The average molecular weight is 334 g/mol. The molecular weight excluding hydrogens is 316 g/mol. The molecule has 1 aromatic rings. The smallest absolute Gasteiger partial charge is 0.254 e. The Hall–Kier alpha value is -0.580. The molecule has 100 valence electrons. The van der Waals surface area contributed by atoms with Gasteiger partial charge in [-0.3, -0.25) is 4.79 Å². The van der Waals surface area contributed by atoms with Gasteiger partial charge >= 0.3 is 0 Å². The van der Waals surface area contributed by atoms with E-state index >= 15 is 0 Å². The van der Waals surface area contributed by atoms with Crippen LogP contribution in [0.2, 0.25) is 0 Å². The van der Waals surface area contributed by atoms with E-state index in [0.717, 1.165) is 35.1 Å². The zero-order valence-corrected chi connectivity index (χ0v) is 13.0. The summed E-state index contributed by atoms with van der Waals surface area (Å²) in [6.07, 6.45) is 1.04. The summed E-state index contributed by atoms with van der Waals surface area (Å²) in [5.41, 5.74) is 1.80. The molecule has 0 aliphatic carbocycles. The fourth-order valence-corrected chi connectivity index (χ4v) is 2.53. The van der Waals surface area contributed by atoms with Gasteiger partial charge in [-0.1, -0.05) is 22.0 Å². The third-order valence-electron chi connectivity index (χ3n) is 3.40. The minimum atomic E-state index is 0. The highest BCUT2D eigenvalue weighted by atomic mass is 79.9. The van der Waals surface area contributed by atoms with Crippen LogP contribution >= 0.6 is 28.3 Å². The Morgan fingerprint density at radius 3 is 2.83 bits per heavy atom. The van der Waals surface area contributed by atoms with Gasteiger partial charge in [-0.2, -0.15) is 0 Å². The molecular formula is C13H18BrClN2O. The van der Waals surface area contributed by atoms with Crippen molar-refractivity contribution >= 4 is 34.2 Å². The van der Waals surface area contributed by atoms with E-state index in [4.69, 9.17) is 0 Å². The van der Waals surface area contributed by atoms with Crippen molar-refractivity contribution in [3.05, 3.63) is 33.8 Å². The lowest BCUT2D eigenvalue weighted by atomic mass is 10.1. The molecule has 1 amide bonds. The van der Waals surface area contributed by atoms with Gasteiger partial charge in [0.15, 0.2) is 0 Å². The number of nitrogens with one attached hydrogen (secondary N) is 1. The van der Waals surface area contributed by atoms with Crippen LogP contribution in [0.5, 0.6) is 0 Å². The number of hydrogen-bond acceptors (Lipinski definition) is 2. The second kappa shape index (κ2) is 6.55. The van der Waals surface area contributed by atoms with Crippen molar-refractivity contribution in [3.8, 4) is 0 Å². The maximum atomic E-state index is 12.4. The largest absolute Gasteiger partial charge is 0.337 e. The number of hydrogen-bond donors (Lipinski definition) is 1. The van der Waals surface area contributed by atoms with E-state index in [1.807, 2.05) is 37.1 Å². The molecule has 1 fully saturated rings. The molecule has 5 heteroatoms. The van der Waals surface area contributed by atoms with Gasteiger partial charge in [0.2, 0.25) is 0 Å². The van der Waals surface area contributed by atoms with Crippen LogP contribution in [-0.2, 0) is 0 Å². The summed E-state index contributed by atoms with van der Waals surface area (Å²) in [4.78, 5) is 14.2. The van der Waals surface area contributed by atoms with Gasteiger partial charge in [-0.25, -0.2) is 0 Å². The van der Waals surface area contributed by atoms with E-state index in [0.29, 0.717) is 6.04 Å². The number of halogens is 2. The molecule has 0 bridgehead atoms. The maximum absolute atomic E-state index is 12.4. The molecule has 1 aromatic carbocycles. The van der Waals surface area contributed by atoms with Crippen molar-refractivity contribution in [1.29, 1.82) is 0 Å². The van der Waals surface area contributed by atoms with Crippen LogP contribution in [0.1, 0.15) is 22.3 Å². The Morgan fingerprint density at radius 2 is 2.22 bits per heavy atom. The first kappa shape index (κ1) is 15.5. The summed E-state index contributed by atoms with van der Waals surface area (Å²) in [7, 11) is 1.89. The van der Waals surface area contributed by atoms with Crippen molar-refractivity contribution in [1.82, 2.24) is 10.2 Å². The first-order valence-electron chi connectivity index (χ1n) is 5.84. The standard InChI is InChI=1S/C13H17BrN2O.ClH/c1-9-11(4-3-5-12(9)14)13(17)16(2)10-6-7-15-8-10;/h3-5,10,15H,6-8H2,1-2H3;1H. The maximum Gasteiger partial charge on any atom is 0.254 e. The molecule has 3 nitrogen and oxygen atoms in total. The first-order chi connectivity index (χ1) is 8.11. The van der Waals surface area contributed by atoms with Crippen molar-refractivity contribution in [2.75, 3.05) is 20.1 Å². The molecule has 18 heavy (non-hydrogen) atoms. The van der Waals surface area contributed by atoms with Crippen LogP contribution in [0.4, 0.5) is 0 Å². The summed E-state index contributed by atoms with van der Waals surface area (Å²) >= 11 is 3.46. The van der Waals surface area contributed by atoms with E-state index in [2.05, 4.69) is 21.2 Å². The van der Waals surface area contributed by atoms with Gasteiger partial charge in [0.1, 0.15) is 0 Å². The highest BCUT2D eigenvalue weighted by molar-refractivity contribution is 9.10. The van der Waals surface area contributed by atoms with Crippen LogP contribution in [0, 0.1) is 6.92 Å². The number of likely N-dealkylation sites (N-methyl/N-ethyl adjacent to an activating group) is 1. The highest BCUT2D eigenvalue weighted by Crippen LogP contribution is 2.21. The molecule has 1 heterocycles. The highest BCUT2D eigenvalue weighted by Gasteiger charge is 2.24. The third kappa shape index (κ3) is 3.05. The molecule has 1 aliphatic rings. The number of rotatable bonds is 2. The minimum absolute atomic E-state index is 0. The van der Waals surface area contributed by atoms with E-state index in [-0.39, 0.29) is 18.3 Å². The van der Waals surface area contributed by atoms with E-state index in [9.17, 15) is 4.79 Å². The lowest BCUT2D eigenvalue weighted by molar-refractivity contribution is 0.0743. The topological polar surface area (TPSA) is 32.3 Å². The molecule has 1 saturated heterocycles. The quantitative estimate of drug-likeness (QED) is 0.902. The molecule has 0 saturated carbocycles. The van der Waals surface area contributed by atoms with Crippen molar-refractivity contribution in [2.24, 2.45) is 0 Å². The molecule has 0 radical (unpaired) electrons. The number of benzene rings is 1. The molecule has 1 aliphatic heterocycles. The Balaban J connectivity index is 0.00000162. The monoisotopic (exact) mass is 332 g/mol.